The van der Waals surface area contributed by atoms with Gasteiger partial charge >= 0.3 is 0 Å². The molecule has 0 spiro atoms. The molecule has 0 N–H and O–H groups in total. The molecule has 2 aromatic rings. The SMILES string of the molecule is CC(C)(C)n1ccnc(-n2cccn2)c1=O. The largest absolute Gasteiger partial charge is 0.305 e. The zero-order valence-electron chi connectivity index (χ0n) is 9.58. The van der Waals surface area contributed by atoms with Crippen molar-refractivity contribution in [1.29, 1.82) is 0 Å². The van der Waals surface area contributed by atoms with Crippen molar-refractivity contribution in [2.45, 2.75) is 26.3 Å². The van der Waals surface area contributed by atoms with E-state index in [4.69, 9.17) is 0 Å². The molecule has 0 unspecified atom stereocenters. The monoisotopic (exact) mass is 218 g/mol. The Morgan fingerprint density at radius 1 is 1.19 bits per heavy atom. The maximum atomic E-state index is 12.2. The van der Waals surface area contributed by atoms with Crippen molar-refractivity contribution >= 4 is 0 Å². The van der Waals surface area contributed by atoms with E-state index in [0.29, 0.717) is 5.82 Å². The first-order valence-electron chi connectivity index (χ1n) is 5.08. The zero-order chi connectivity index (χ0) is 11.8. The maximum absolute atomic E-state index is 12.2. The molecule has 0 bridgehead atoms. The lowest BCUT2D eigenvalue weighted by atomic mass is 10.1. The summed E-state index contributed by atoms with van der Waals surface area (Å²) in [6.07, 6.45) is 6.63. The lowest BCUT2D eigenvalue weighted by Gasteiger charge is -2.22. The molecule has 0 aliphatic carbocycles. The van der Waals surface area contributed by atoms with Crippen LogP contribution >= 0.6 is 0 Å². The van der Waals surface area contributed by atoms with Crippen LogP contribution in [0.5, 0.6) is 0 Å². The average Bonchev–Trinajstić information content (AvgIpc) is 2.69. The topological polar surface area (TPSA) is 52.7 Å². The Kier molecular flexibility index (Phi) is 2.38. The fourth-order valence-electron chi connectivity index (χ4n) is 1.48. The van der Waals surface area contributed by atoms with Gasteiger partial charge in [0.15, 0.2) is 0 Å². The van der Waals surface area contributed by atoms with Gasteiger partial charge in [0.2, 0.25) is 5.82 Å². The van der Waals surface area contributed by atoms with Crippen LogP contribution < -0.4 is 5.56 Å². The fraction of sp³-hybridized carbons (Fsp3) is 0.364. The third-order valence-electron chi connectivity index (χ3n) is 2.27. The van der Waals surface area contributed by atoms with Crippen molar-refractivity contribution in [2.75, 3.05) is 0 Å². The van der Waals surface area contributed by atoms with Crippen molar-refractivity contribution in [3.05, 3.63) is 41.2 Å². The summed E-state index contributed by atoms with van der Waals surface area (Å²) in [4.78, 5) is 16.2. The molecular formula is C11H14N4O. The van der Waals surface area contributed by atoms with Crippen molar-refractivity contribution in [3.63, 3.8) is 0 Å². The Labute approximate surface area is 93.4 Å². The second kappa shape index (κ2) is 3.59. The summed E-state index contributed by atoms with van der Waals surface area (Å²) in [5, 5.41) is 4.01. The molecule has 0 aromatic carbocycles. The Morgan fingerprint density at radius 3 is 2.50 bits per heavy atom. The molecule has 16 heavy (non-hydrogen) atoms. The minimum Gasteiger partial charge on any atom is -0.305 e. The second-order valence-corrected chi connectivity index (χ2v) is 4.55. The molecule has 0 fully saturated rings. The first kappa shape index (κ1) is 10.6. The van der Waals surface area contributed by atoms with E-state index in [-0.39, 0.29) is 11.1 Å². The maximum Gasteiger partial charge on any atom is 0.296 e. The minimum absolute atomic E-state index is 0.140. The molecule has 0 saturated carbocycles. The van der Waals surface area contributed by atoms with Gasteiger partial charge < -0.3 is 4.57 Å². The quantitative estimate of drug-likeness (QED) is 0.722. The number of hydrogen-bond donors (Lipinski definition) is 0. The van der Waals surface area contributed by atoms with E-state index in [0.717, 1.165) is 0 Å². The van der Waals surface area contributed by atoms with E-state index in [1.54, 1.807) is 35.4 Å². The summed E-state index contributed by atoms with van der Waals surface area (Å²) in [6, 6.07) is 1.76. The Bertz CT molecular complexity index is 534. The van der Waals surface area contributed by atoms with Gasteiger partial charge in [-0.3, -0.25) is 4.79 Å². The predicted molar refractivity (Wildman–Crippen MR) is 60.6 cm³/mol. The van der Waals surface area contributed by atoms with Crippen LogP contribution in [-0.2, 0) is 5.54 Å². The van der Waals surface area contributed by atoms with Gasteiger partial charge in [0, 0.05) is 30.3 Å². The molecule has 84 valence electrons. The average molecular weight is 218 g/mol. The van der Waals surface area contributed by atoms with Crippen molar-refractivity contribution in [2.24, 2.45) is 0 Å². The number of hydrogen-bond acceptors (Lipinski definition) is 3. The summed E-state index contributed by atoms with van der Waals surface area (Å²) >= 11 is 0. The van der Waals surface area contributed by atoms with E-state index in [1.165, 1.54) is 4.68 Å². The van der Waals surface area contributed by atoms with Crippen molar-refractivity contribution in [1.82, 2.24) is 19.3 Å². The number of rotatable bonds is 1. The van der Waals surface area contributed by atoms with Gasteiger partial charge in [-0.25, -0.2) is 9.67 Å². The Hall–Kier alpha value is -1.91. The fourth-order valence-corrected chi connectivity index (χ4v) is 1.48. The molecule has 0 radical (unpaired) electrons. The molecule has 2 rings (SSSR count). The van der Waals surface area contributed by atoms with Crippen LogP contribution in [0, 0.1) is 0 Å². The van der Waals surface area contributed by atoms with E-state index < -0.39 is 0 Å². The molecule has 5 heteroatoms. The normalized spacial score (nSPS) is 11.7. The second-order valence-electron chi connectivity index (χ2n) is 4.55. The summed E-state index contributed by atoms with van der Waals surface area (Å²) in [7, 11) is 0. The van der Waals surface area contributed by atoms with Crippen LogP contribution in [-0.4, -0.2) is 19.3 Å². The van der Waals surface area contributed by atoms with Crippen LogP contribution in [0.3, 0.4) is 0 Å². The van der Waals surface area contributed by atoms with Gasteiger partial charge in [0.05, 0.1) is 0 Å². The Morgan fingerprint density at radius 2 is 1.94 bits per heavy atom. The van der Waals surface area contributed by atoms with E-state index in [2.05, 4.69) is 10.1 Å². The lowest BCUT2D eigenvalue weighted by molar-refractivity contribution is 0.381. The molecule has 0 amide bonds. The third kappa shape index (κ3) is 1.76. The molecule has 2 heterocycles. The summed E-state index contributed by atoms with van der Waals surface area (Å²) < 4.78 is 3.13. The van der Waals surface area contributed by atoms with E-state index in [9.17, 15) is 4.79 Å². The summed E-state index contributed by atoms with van der Waals surface area (Å²) in [6.45, 7) is 5.92. The van der Waals surface area contributed by atoms with Crippen molar-refractivity contribution in [3.8, 4) is 5.82 Å². The van der Waals surface area contributed by atoms with Gasteiger partial charge in [-0.2, -0.15) is 5.10 Å². The molecule has 5 nitrogen and oxygen atoms in total. The van der Waals surface area contributed by atoms with Crippen LogP contribution in [0.1, 0.15) is 20.8 Å². The predicted octanol–water partition coefficient (Wildman–Crippen LogP) is 1.18. The molecule has 0 aliphatic heterocycles. The van der Waals surface area contributed by atoms with E-state index >= 15 is 0 Å². The van der Waals surface area contributed by atoms with E-state index in [1.807, 2.05) is 20.8 Å². The number of nitrogens with zero attached hydrogens (tertiary/aromatic N) is 4. The van der Waals surface area contributed by atoms with Crippen LogP contribution in [0.15, 0.2) is 35.6 Å². The molecule has 0 atom stereocenters. The molecule has 2 aromatic heterocycles. The highest BCUT2D eigenvalue weighted by molar-refractivity contribution is 5.17. The van der Waals surface area contributed by atoms with Crippen LogP contribution in [0.2, 0.25) is 0 Å². The highest BCUT2D eigenvalue weighted by Crippen LogP contribution is 2.10. The minimum atomic E-state index is -0.262. The summed E-state index contributed by atoms with van der Waals surface area (Å²) in [5.74, 6) is 0.322. The summed E-state index contributed by atoms with van der Waals surface area (Å²) in [5.41, 5.74) is -0.402. The highest BCUT2D eigenvalue weighted by Gasteiger charge is 2.17. The molecular weight excluding hydrogens is 204 g/mol. The van der Waals surface area contributed by atoms with Crippen LogP contribution in [0.4, 0.5) is 0 Å². The highest BCUT2D eigenvalue weighted by atomic mass is 16.1. The first-order chi connectivity index (χ1) is 7.50. The molecule has 0 saturated heterocycles. The molecule has 0 aliphatic rings. The zero-order valence-corrected chi connectivity index (χ0v) is 9.58. The third-order valence-corrected chi connectivity index (χ3v) is 2.27. The number of aromatic nitrogens is 4. The van der Waals surface area contributed by atoms with Crippen LogP contribution in [0.25, 0.3) is 5.82 Å². The van der Waals surface area contributed by atoms with Gasteiger partial charge in [-0.05, 0) is 26.8 Å². The van der Waals surface area contributed by atoms with Crippen molar-refractivity contribution < 1.29 is 0 Å². The van der Waals surface area contributed by atoms with Gasteiger partial charge in [0.25, 0.3) is 5.56 Å². The standard InChI is InChI=1S/C11H14N4O/c1-11(2,3)14-8-6-12-9(10(14)16)15-7-4-5-13-15/h4-8H,1-3H3. The Balaban J connectivity index is 2.63. The van der Waals surface area contributed by atoms with Gasteiger partial charge in [-0.1, -0.05) is 0 Å². The lowest BCUT2D eigenvalue weighted by Crippen LogP contribution is -2.35. The van der Waals surface area contributed by atoms with Gasteiger partial charge in [-0.15, -0.1) is 0 Å². The van der Waals surface area contributed by atoms with Gasteiger partial charge in [0.1, 0.15) is 0 Å². The first-order valence-corrected chi connectivity index (χ1v) is 5.08. The smallest absolute Gasteiger partial charge is 0.296 e.